The Balaban J connectivity index is 1.33. The summed E-state index contributed by atoms with van der Waals surface area (Å²) in [5.41, 5.74) is 6.31. The van der Waals surface area contributed by atoms with Crippen molar-refractivity contribution in [2.24, 2.45) is 0 Å². The number of aryl methyl sites for hydroxylation is 1. The highest BCUT2D eigenvalue weighted by Crippen LogP contribution is 2.45. The van der Waals surface area contributed by atoms with Crippen molar-refractivity contribution in [1.82, 2.24) is 14.3 Å². The molecule has 6 rings (SSSR count). The molecule has 1 amide bonds. The van der Waals surface area contributed by atoms with E-state index >= 15 is 0 Å². The van der Waals surface area contributed by atoms with Crippen molar-refractivity contribution in [3.63, 3.8) is 0 Å². The Morgan fingerprint density at radius 2 is 1.76 bits per heavy atom. The van der Waals surface area contributed by atoms with Crippen LogP contribution in [0.3, 0.4) is 0 Å². The molecule has 1 spiro atoms. The lowest BCUT2D eigenvalue weighted by Crippen LogP contribution is -2.46. The summed E-state index contributed by atoms with van der Waals surface area (Å²) in [5, 5.41) is 0. The Morgan fingerprint density at radius 1 is 1.03 bits per heavy atom. The highest BCUT2D eigenvalue weighted by molar-refractivity contribution is 5.99. The second kappa shape index (κ2) is 9.64. The molecule has 2 aromatic carbocycles. The van der Waals surface area contributed by atoms with Crippen LogP contribution in [-0.2, 0) is 5.41 Å². The van der Waals surface area contributed by atoms with Crippen LogP contribution in [0.1, 0.15) is 85.5 Å². The molecular weight excluding hydrogens is 474 g/mol. The molecule has 0 aliphatic carbocycles. The molecule has 2 aliphatic heterocycles. The zero-order valence-corrected chi connectivity index (χ0v) is 22.7. The predicted molar refractivity (Wildman–Crippen MR) is 152 cm³/mol. The van der Waals surface area contributed by atoms with Crippen molar-refractivity contribution in [2.75, 3.05) is 19.7 Å². The maximum atomic E-state index is 13.8. The fraction of sp³-hybridized carbons (Fsp3) is 0.438. The summed E-state index contributed by atoms with van der Waals surface area (Å²) in [5.74, 6) is 1.43. The van der Waals surface area contributed by atoms with E-state index in [1.165, 1.54) is 11.3 Å². The number of nitrogens with one attached hydrogen (secondary N) is 1. The molecule has 0 saturated carbocycles. The highest BCUT2D eigenvalue weighted by Gasteiger charge is 2.43. The fourth-order valence-corrected chi connectivity index (χ4v) is 6.79. The number of hydrogen-bond donors (Lipinski definition) is 1. The summed E-state index contributed by atoms with van der Waals surface area (Å²) in [6.45, 7) is 8.52. The average molecular weight is 512 g/mol. The molecule has 1 fully saturated rings. The average Bonchev–Trinajstić information content (AvgIpc) is 3.52. The SMILES string of the molecule is CCCC(CCC)c1ccc2c(=O)[nH]c3cc(C(=O)N4CCC5(CC4)COc4ccccc45)c(C)cc3n12. The Kier molecular flexibility index (Phi) is 6.29. The minimum Gasteiger partial charge on any atom is -0.492 e. The molecular formula is C32H37N3O3. The van der Waals surface area contributed by atoms with Crippen molar-refractivity contribution < 1.29 is 9.53 Å². The van der Waals surface area contributed by atoms with Crippen molar-refractivity contribution in [2.45, 2.75) is 70.6 Å². The summed E-state index contributed by atoms with van der Waals surface area (Å²) in [6, 6.07) is 16.3. The van der Waals surface area contributed by atoms with Crippen LogP contribution in [0.5, 0.6) is 5.75 Å². The van der Waals surface area contributed by atoms with Crippen molar-refractivity contribution >= 4 is 22.5 Å². The molecule has 0 atom stereocenters. The number of carbonyl (C=O) groups excluding carboxylic acids is 1. The maximum Gasteiger partial charge on any atom is 0.272 e. The summed E-state index contributed by atoms with van der Waals surface area (Å²) >= 11 is 0. The van der Waals surface area contributed by atoms with E-state index in [0.29, 0.717) is 42.2 Å². The Hall–Kier alpha value is -3.54. The molecule has 4 heterocycles. The molecule has 1 N–H and O–H groups in total. The van der Waals surface area contributed by atoms with E-state index < -0.39 is 0 Å². The van der Waals surface area contributed by atoms with E-state index in [1.54, 1.807) is 0 Å². The number of fused-ring (bicyclic) bond motifs is 5. The number of likely N-dealkylation sites (tertiary alicyclic amines) is 1. The maximum absolute atomic E-state index is 13.8. The van der Waals surface area contributed by atoms with Gasteiger partial charge in [0.05, 0.1) is 17.6 Å². The monoisotopic (exact) mass is 511 g/mol. The van der Waals surface area contributed by atoms with Gasteiger partial charge in [0.15, 0.2) is 0 Å². The van der Waals surface area contributed by atoms with Crippen LogP contribution in [0.25, 0.3) is 16.6 Å². The molecule has 38 heavy (non-hydrogen) atoms. The molecule has 0 unspecified atom stereocenters. The lowest BCUT2D eigenvalue weighted by molar-refractivity contribution is 0.0646. The number of aromatic nitrogens is 2. The minimum atomic E-state index is -0.113. The van der Waals surface area contributed by atoms with Gasteiger partial charge in [-0.15, -0.1) is 0 Å². The van der Waals surface area contributed by atoms with Crippen LogP contribution in [0.2, 0.25) is 0 Å². The lowest BCUT2D eigenvalue weighted by Gasteiger charge is -2.38. The van der Waals surface area contributed by atoms with Gasteiger partial charge in [-0.05, 0) is 74.4 Å². The van der Waals surface area contributed by atoms with Crippen molar-refractivity contribution in [3.8, 4) is 5.75 Å². The Morgan fingerprint density at radius 3 is 2.50 bits per heavy atom. The fourth-order valence-electron chi connectivity index (χ4n) is 6.79. The zero-order chi connectivity index (χ0) is 26.4. The van der Waals surface area contributed by atoms with Crippen molar-refractivity contribution in [1.29, 1.82) is 0 Å². The molecule has 2 aromatic heterocycles. The number of carbonyl (C=O) groups is 1. The quantitative estimate of drug-likeness (QED) is 0.328. The minimum absolute atomic E-state index is 0.000981. The lowest BCUT2D eigenvalue weighted by atomic mass is 9.74. The van der Waals surface area contributed by atoms with E-state index in [-0.39, 0.29) is 16.9 Å². The number of rotatable bonds is 6. The van der Waals surface area contributed by atoms with E-state index in [2.05, 4.69) is 47.5 Å². The number of hydrogen-bond acceptors (Lipinski definition) is 3. The van der Waals surface area contributed by atoms with Gasteiger partial charge in [0.2, 0.25) is 0 Å². The summed E-state index contributed by atoms with van der Waals surface area (Å²) in [7, 11) is 0. The third-order valence-corrected chi connectivity index (χ3v) is 8.87. The van der Waals surface area contributed by atoms with Gasteiger partial charge < -0.3 is 19.0 Å². The standard InChI is InChI=1S/C32H37N3O3/c1-4-8-22(9-5-2)26-12-13-27-30(36)33-25-19-23(21(3)18-28(25)35(26)27)31(37)34-16-14-32(15-17-34)20-38-29-11-7-6-10-24(29)32/h6-7,10-13,18-19,22H,4-5,8-9,14-17,20H2,1-3H3,(H,33,36). The van der Waals surface area contributed by atoms with Gasteiger partial charge in [-0.1, -0.05) is 44.9 Å². The second-order valence-corrected chi connectivity index (χ2v) is 11.2. The number of para-hydroxylation sites is 1. The topological polar surface area (TPSA) is 66.8 Å². The third kappa shape index (κ3) is 3.93. The summed E-state index contributed by atoms with van der Waals surface area (Å²) in [6.07, 6.45) is 6.17. The normalized spacial score (nSPS) is 16.5. The first-order valence-electron chi connectivity index (χ1n) is 14.2. The Bertz CT molecular complexity index is 1570. The van der Waals surface area contributed by atoms with Gasteiger partial charge in [0.1, 0.15) is 11.3 Å². The van der Waals surface area contributed by atoms with E-state index in [9.17, 15) is 9.59 Å². The number of H-pyrrole nitrogens is 1. The molecule has 6 nitrogen and oxygen atoms in total. The second-order valence-electron chi connectivity index (χ2n) is 11.2. The first-order chi connectivity index (χ1) is 18.5. The molecule has 1 saturated heterocycles. The smallest absolute Gasteiger partial charge is 0.272 e. The van der Waals surface area contributed by atoms with E-state index in [1.807, 2.05) is 36.1 Å². The molecule has 6 heteroatoms. The van der Waals surface area contributed by atoms with Crippen LogP contribution in [0, 0.1) is 6.92 Å². The van der Waals surface area contributed by atoms with Gasteiger partial charge in [0.25, 0.3) is 11.5 Å². The molecule has 198 valence electrons. The van der Waals surface area contributed by atoms with Gasteiger partial charge in [-0.3, -0.25) is 9.59 Å². The van der Waals surface area contributed by atoms with Crippen LogP contribution in [-0.4, -0.2) is 39.9 Å². The predicted octanol–water partition coefficient (Wildman–Crippen LogP) is 6.34. The van der Waals surface area contributed by atoms with E-state index in [0.717, 1.165) is 55.4 Å². The number of benzene rings is 2. The zero-order valence-electron chi connectivity index (χ0n) is 22.7. The number of ether oxygens (including phenoxy) is 1. The number of amides is 1. The van der Waals surface area contributed by atoms with Crippen LogP contribution < -0.4 is 10.3 Å². The Labute approximate surface area is 223 Å². The first-order valence-corrected chi connectivity index (χ1v) is 14.2. The van der Waals surface area contributed by atoms with Crippen LogP contribution >= 0.6 is 0 Å². The largest absolute Gasteiger partial charge is 0.492 e. The van der Waals surface area contributed by atoms with Crippen molar-refractivity contribution in [3.05, 3.63) is 81.3 Å². The van der Waals surface area contributed by atoms with Gasteiger partial charge in [-0.2, -0.15) is 0 Å². The highest BCUT2D eigenvalue weighted by atomic mass is 16.5. The number of piperidine rings is 1. The number of nitrogens with zero attached hydrogens (tertiary/aromatic N) is 2. The van der Waals surface area contributed by atoms with Crippen LogP contribution in [0.15, 0.2) is 53.3 Å². The van der Waals surface area contributed by atoms with E-state index in [4.69, 9.17) is 4.74 Å². The third-order valence-electron chi connectivity index (χ3n) is 8.87. The summed E-state index contributed by atoms with van der Waals surface area (Å²) in [4.78, 5) is 31.9. The first kappa shape index (κ1) is 24.8. The van der Waals surface area contributed by atoms with Gasteiger partial charge in [-0.25, -0.2) is 0 Å². The summed E-state index contributed by atoms with van der Waals surface area (Å²) < 4.78 is 8.13. The molecule has 0 radical (unpaired) electrons. The van der Waals surface area contributed by atoms with Gasteiger partial charge in [0, 0.05) is 35.3 Å². The molecule has 4 aromatic rings. The molecule has 0 bridgehead atoms. The molecule has 2 aliphatic rings. The van der Waals surface area contributed by atoms with Crippen LogP contribution in [0.4, 0.5) is 0 Å². The number of aromatic amines is 1. The van der Waals surface area contributed by atoms with Gasteiger partial charge >= 0.3 is 0 Å².